The number of hydrogen-bond donors (Lipinski definition) is 0. The van der Waals surface area contributed by atoms with Crippen LogP contribution in [0, 0.1) is 6.92 Å². The van der Waals surface area contributed by atoms with Crippen molar-refractivity contribution in [2.24, 2.45) is 0 Å². The zero-order chi connectivity index (χ0) is 15.7. The number of benzene rings is 2. The Kier molecular flexibility index (Phi) is 3.51. The van der Waals surface area contributed by atoms with E-state index >= 15 is 0 Å². The van der Waals surface area contributed by atoms with E-state index in [4.69, 9.17) is 9.15 Å². The molecule has 110 valence electrons. The first-order valence-corrected chi connectivity index (χ1v) is 6.82. The predicted octanol–water partition coefficient (Wildman–Crippen LogP) is 3.34. The van der Waals surface area contributed by atoms with Crippen LogP contribution in [0.25, 0.3) is 11.0 Å². The van der Waals surface area contributed by atoms with Crippen LogP contribution in [0.15, 0.2) is 57.7 Å². The Morgan fingerprint density at radius 3 is 2.59 bits per heavy atom. The van der Waals surface area contributed by atoms with E-state index in [1.807, 2.05) is 19.1 Å². The van der Waals surface area contributed by atoms with Crippen LogP contribution < -0.4 is 10.4 Å². The highest BCUT2D eigenvalue weighted by molar-refractivity contribution is 6.11. The number of ether oxygens (including phenoxy) is 1. The molecule has 4 heteroatoms. The Balaban J connectivity index is 2.19. The lowest BCUT2D eigenvalue weighted by atomic mass is 10.0. The molecule has 3 aromatic rings. The fourth-order valence-electron chi connectivity index (χ4n) is 2.38. The Morgan fingerprint density at radius 1 is 1.05 bits per heavy atom. The van der Waals surface area contributed by atoms with E-state index in [2.05, 4.69) is 0 Å². The van der Waals surface area contributed by atoms with Crippen LogP contribution in [0.4, 0.5) is 0 Å². The average molecular weight is 294 g/mol. The van der Waals surface area contributed by atoms with Gasteiger partial charge in [-0.2, -0.15) is 0 Å². The second-order valence-corrected chi connectivity index (χ2v) is 5.02. The van der Waals surface area contributed by atoms with Gasteiger partial charge in [-0.3, -0.25) is 4.79 Å². The van der Waals surface area contributed by atoms with Crippen LogP contribution in [0.1, 0.15) is 21.5 Å². The molecule has 0 N–H and O–H groups in total. The van der Waals surface area contributed by atoms with Crippen LogP contribution in [0.2, 0.25) is 0 Å². The van der Waals surface area contributed by atoms with Crippen molar-refractivity contribution >= 4 is 16.8 Å². The highest BCUT2D eigenvalue weighted by atomic mass is 16.5. The molecule has 0 bridgehead atoms. The van der Waals surface area contributed by atoms with Gasteiger partial charge in [0.2, 0.25) is 5.78 Å². The molecule has 3 rings (SSSR count). The van der Waals surface area contributed by atoms with Crippen molar-refractivity contribution in [3.05, 3.63) is 75.6 Å². The minimum atomic E-state index is -0.646. The first-order valence-electron chi connectivity index (χ1n) is 6.82. The second-order valence-electron chi connectivity index (χ2n) is 5.02. The van der Waals surface area contributed by atoms with Gasteiger partial charge < -0.3 is 9.15 Å². The molecule has 1 heterocycles. The highest BCUT2D eigenvalue weighted by Gasteiger charge is 2.19. The second kappa shape index (κ2) is 5.48. The van der Waals surface area contributed by atoms with Gasteiger partial charge in [0, 0.05) is 5.39 Å². The third-order valence-corrected chi connectivity index (χ3v) is 3.48. The number of carbonyl (C=O) groups is 1. The molecule has 0 aliphatic rings. The van der Waals surface area contributed by atoms with Gasteiger partial charge in [-0.1, -0.05) is 23.8 Å². The quantitative estimate of drug-likeness (QED) is 0.549. The Hall–Kier alpha value is -2.88. The maximum atomic E-state index is 12.6. The number of hydrogen-bond acceptors (Lipinski definition) is 4. The smallest absolute Gasteiger partial charge is 0.347 e. The molecule has 0 atom stereocenters. The molecule has 0 unspecified atom stereocenters. The Morgan fingerprint density at radius 2 is 1.82 bits per heavy atom. The fraction of sp³-hybridized carbons (Fsp3) is 0.111. The largest absolute Gasteiger partial charge is 0.496 e. The minimum absolute atomic E-state index is 0.00241. The summed E-state index contributed by atoms with van der Waals surface area (Å²) in [5, 5.41) is 0.720. The molecule has 0 amide bonds. The molecule has 0 saturated heterocycles. The monoisotopic (exact) mass is 294 g/mol. The molecule has 0 radical (unpaired) electrons. The molecule has 22 heavy (non-hydrogen) atoms. The van der Waals surface area contributed by atoms with Crippen molar-refractivity contribution in [2.75, 3.05) is 7.11 Å². The van der Waals surface area contributed by atoms with E-state index in [0.717, 1.165) is 10.9 Å². The maximum absolute atomic E-state index is 12.6. The molecule has 0 aliphatic carbocycles. The first kappa shape index (κ1) is 14.1. The first-order chi connectivity index (χ1) is 10.6. The third kappa shape index (κ3) is 2.39. The zero-order valence-electron chi connectivity index (χ0n) is 12.3. The summed E-state index contributed by atoms with van der Waals surface area (Å²) in [6.07, 6.45) is 0. The summed E-state index contributed by atoms with van der Waals surface area (Å²) in [7, 11) is 1.48. The van der Waals surface area contributed by atoms with Gasteiger partial charge in [-0.05, 0) is 37.3 Å². The van der Waals surface area contributed by atoms with Crippen LogP contribution in [0.5, 0.6) is 5.75 Å². The summed E-state index contributed by atoms with van der Waals surface area (Å²) in [6, 6.07) is 13.8. The summed E-state index contributed by atoms with van der Waals surface area (Å²) in [6.45, 7) is 1.94. The van der Waals surface area contributed by atoms with E-state index in [0.29, 0.717) is 16.9 Å². The summed E-state index contributed by atoms with van der Waals surface area (Å²) in [4.78, 5) is 24.7. The molecule has 0 aliphatic heterocycles. The third-order valence-electron chi connectivity index (χ3n) is 3.48. The molecule has 0 spiro atoms. The minimum Gasteiger partial charge on any atom is -0.496 e. The van der Waals surface area contributed by atoms with E-state index in [1.54, 1.807) is 36.4 Å². The van der Waals surface area contributed by atoms with Gasteiger partial charge in [-0.25, -0.2) is 4.79 Å². The van der Waals surface area contributed by atoms with Gasteiger partial charge in [0.05, 0.1) is 12.7 Å². The van der Waals surface area contributed by atoms with E-state index < -0.39 is 11.4 Å². The van der Waals surface area contributed by atoms with Gasteiger partial charge in [0.1, 0.15) is 16.9 Å². The lowest BCUT2D eigenvalue weighted by Gasteiger charge is -2.07. The number of aryl methyl sites for hydroxylation is 1. The number of methoxy groups -OCH3 is 1. The number of carbonyl (C=O) groups excluding carboxylic acids is 1. The summed E-state index contributed by atoms with van der Waals surface area (Å²) < 4.78 is 10.4. The van der Waals surface area contributed by atoms with Crippen LogP contribution >= 0.6 is 0 Å². The topological polar surface area (TPSA) is 56.5 Å². The van der Waals surface area contributed by atoms with Crippen molar-refractivity contribution < 1.29 is 13.9 Å². The fourth-order valence-corrected chi connectivity index (χ4v) is 2.38. The van der Waals surface area contributed by atoms with Crippen LogP contribution in [0.3, 0.4) is 0 Å². The molecule has 2 aromatic carbocycles. The lowest BCUT2D eigenvalue weighted by Crippen LogP contribution is -2.15. The number of ketones is 1. The Labute approximate surface area is 127 Å². The van der Waals surface area contributed by atoms with Crippen molar-refractivity contribution in [2.45, 2.75) is 6.92 Å². The van der Waals surface area contributed by atoms with Crippen molar-refractivity contribution in [3.8, 4) is 5.75 Å². The molecule has 4 nitrogen and oxygen atoms in total. The lowest BCUT2D eigenvalue weighted by molar-refractivity contribution is 0.103. The SMILES string of the molecule is COc1ccccc1C(=O)c1cc2cc(C)ccc2oc1=O. The molecular weight excluding hydrogens is 280 g/mol. The molecule has 1 aromatic heterocycles. The number of rotatable bonds is 3. The van der Waals surface area contributed by atoms with Gasteiger partial charge >= 0.3 is 5.63 Å². The van der Waals surface area contributed by atoms with Crippen molar-refractivity contribution in [1.82, 2.24) is 0 Å². The predicted molar refractivity (Wildman–Crippen MR) is 83.6 cm³/mol. The zero-order valence-corrected chi connectivity index (χ0v) is 12.3. The normalized spacial score (nSPS) is 10.6. The van der Waals surface area contributed by atoms with Crippen molar-refractivity contribution in [1.29, 1.82) is 0 Å². The molecule has 0 saturated carbocycles. The maximum Gasteiger partial charge on any atom is 0.347 e. The molecular formula is C18H14O4. The van der Waals surface area contributed by atoms with Crippen LogP contribution in [-0.4, -0.2) is 12.9 Å². The van der Waals surface area contributed by atoms with Crippen LogP contribution in [-0.2, 0) is 0 Å². The standard InChI is InChI=1S/C18H14O4/c1-11-7-8-15-12(9-11)10-14(18(20)22-15)17(19)13-5-3-4-6-16(13)21-2/h3-10H,1-2H3. The number of para-hydroxylation sites is 1. The summed E-state index contributed by atoms with van der Waals surface area (Å²) in [5.74, 6) is 0.0193. The summed E-state index contributed by atoms with van der Waals surface area (Å²) in [5.41, 5.74) is 1.18. The highest BCUT2D eigenvalue weighted by Crippen LogP contribution is 2.22. The Bertz CT molecular complexity index is 922. The van der Waals surface area contributed by atoms with Crippen molar-refractivity contribution in [3.63, 3.8) is 0 Å². The number of fused-ring (bicyclic) bond motifs is 1. The average Bonchev–Trinajstić information content (AvgIpc) is 2.54. The molecule has 0 fully saturated rings. The van der Waals surface area contributed by atoms with Gasteiger partial charge in [0.15, 0.2) is 0 Å². The van der Waals surface area contributed by atoms with E-state index in [9.17, 15) is 9.59 Å². The van der Waals surface area contributed by atoms with E-state index in [-0.39, 0.29) is 5.56 Å². The summed E-state index contributed by atoms with van der Waals surface area (Å²) >= 11 is 0. The van der Waals surface area contributed by atoms with E-state index in [1.165, 1.54) is 7.11 Å². The van der Waals surface area contributed by atoms with Gasteiger partial charge in [-0.15, -0.1) is 0 Å². The van der Waals surface area contributed by atoms with Gasteiger partial charge in [0.25, 0.3) is 0 Å².